The summed E-state index contributed by atoms with van der Waals surface area (Å²) in [5.74, 6) is 0.951. The van der Waals surface area contributed by atoms with E-state index in [0.29, 0.717) is 16.3 Å². The minimum atomic E-state index is 0.0727. The van der Waals surface area contributed by atoms with Crippen LogP contribution in [0.5, 0.6) is 5.75 Å². The van der Waals surface area contributed by atoms with Gasteiger partial charge in [0.05, 0.1) is 11.1 Å². The molecule has 0 atom stereocenters. The predicted molar refractivity (Wildman–Crippen MR) is 77.1 cm³/mol. The summed E-state index contributed by atoms with van der Waals surface area (Å²) < 4.78 is 5.57. The Hall–Kier alpha value is -1.06. The van der Waals surface area contributed by atoms with Crippen LogP contribution in [0.25, 0.3) is 0 Å². The number of carbonyl (C=O) groups excluding carboxylic acids is 1. The molecule has 0 amide bonds. The molecule has 0 aromatic heterocycles. The summed E-state index contributed by atoms with van der Waals surface area (Å²) in [7, 11) is 0. The van der Waals surface area contributed by atoms with Gasteiger partial charge in [0.25, 0.3) is 0 Å². The molecular formula is C15H20ClNO2. The van der Waals surface area contributed by atoms with Crippen LogP contribution in [0.4, 0.5) is 0 Å². The van der Waals surface area contributed by atoms with Gasteiger partial charge in [-0.15, -0.1) is 0 Å². The number of Topliss-reactive ketones (excluding diaryl/α,β-unsaturated/α-hetero) is 1. The van der Waals surface area contributed by atoms with E-state index in [1.165, 1.54) is 0 Å². The van der Waals surface area contributed by atoms with E-state index in [2.05, 4.69) is 5.32 Å². The molecule has 4 heteroatoms. The third-order valence-corrected chi connectivity index (χ3v) is 3.58. The quantitative estimate of drug-likeness (QED) is 0.861. The molecule has 1 aliphatic rings. The first kappa shape index (κ1) is 14.4. The third kappa shape index (κ3) is 3.71. The van der Waals surface area contributed by atoms with Crippen molar-refractivity contribution < 1.29 is 9.53 Å². The van der Waals surface area contributed by atoms with Gasteiger partial charge >= 0.3 is 0 Å². The molecule has 0 bridgehead atoms. The van der Waals surface area contributed by atoms with E-state index in [1.807, 2.05) is 19.9 Å². The average molecular weight is 282 g/mol. The van der Waals surface area contributed by atoms with E-state index in [4.69, 9.17) is 16.3 Å². The predicted octanol–water partition coefficient (Wildman–Crippen LogP) is 3.31. The molecule has 3 nitrogen and oxygen atoms in total. The number of piperidine rings is 1. The first-order valence-electron chi connectivity index (χ1n) is 6.79. The topological polar surface area (TPSA) is 38.3 Å². The van der Waals surface area contributed by atoms with Gasteiger partial charge < -0.3 is 10.1 Å². The molecule has 1 saturated heterocycles. The van der Waals surface area contributed by atoms with Gasteiger partial charge in [-0.05, 0) is 58.0 Å². The molecule has 0 radical (unpaired) electrons. The zero-order chi connectivity index (χ0) is 13.8. The van der Waals surface area contributed by atoms with Crippen LogP contribution >= 0.6 is 11.6 Å². The van der Waals surface area contributed by atoms with E-state index in [1.54, 1.807) is 12.1 Å². The fraction of sp³-hybridized carbons (Fsp3) is 0.533. The van der Waals surface area contributed by atoms with E-state index in [-0.39, 0.29) is 17.8 Å². The number of ketones is 1. The third-order valence-electron chi connectivity index (χ3n) is 3.29. The molecule has 2 rings (SSSR count). The molecule has 1 aromatic rings. The van der Waals surface area contributed by atoms with Crippen LogP contribution in [-0.2, 0) is 0 Å². The Morgan fingerprint density at radius 3 is 2.63 bits per heavy atom. The van der Waals surface area contributed by atoms with Crippen LogP contribution in [0.15, 0.2) is 18.2 Å². The molecule has 1 aromatic carbocycles. The highest BCUT2D eigenvalue weighted by Crippen LogP contribution is 2.28. The van der Waals surface area contributed by atoms with Gasteiger partial charge in [-0.3, -0.25) is 4.79 Å². The zero-order valence-electron chi connectivity index (χ0n) is 11.4. The summed E-state index contributed by atoms with van der Waals surface area (Å²) in [4.78, 5) is 12.4. The number of hydrogen-bond donors (Lipinski definition) is 1. The lowest BCUT2D eigenvalue weighted by Gasteiger charge is -2.21. The Bertz CT molecular complexity index is 453. The van der Waals surface area contributed by atoms with Gasteiger partial charge in [-0.25, -0.2) is 0 Å². The summed E-state index contributed by atoms with van der Waals surface area (Å²) in [5.41, 5.74) is 0.688. The molecule has 0 unspecified atom stereocenters. The molecule has 1 heterocycles. The summed E-state index contributed by atoms with van der Waals surface area (Å²) >= 11 is 6.17. The highest BCUT2D eigenvalue weighted by atomic mass is 35.5. The number of carbonyl (C=O) groups is 1. The second kappa shape index (κ2) is 6.40. The van der Waals surface area contributed by atoms with Crippen molar-refractivity contribution in [2.45, 2.75) is 32.8 Å². The molecule has 1 aliphatic heterocycles. The highest BCUT2D eigenvalue weighted by Gasteiger charge is 2.22. The van der Waals surface area contributed by atoms with Crippen molar-refractivity contribution in [2.75, 3.05) is 13.1 Å². The SMILES string of the molecule is CC(C)Oc1ccc(C(=O)C2CCNCC2)cc1Cl. The van der Waals surface area contributed by atoms with E-state index in [9.17, 15) is 4.79 Å². The molecular weight excluding hydrogens is 262 g/mol. The lowest BCUT2D eigenvalue weighted by atomic mass is 9.89. The number of hydrogen-bond acceptors (Lipinski definition) is 3. The molecule has 1 fully saturated rings. The number of ether oxygens (including phenoxy) is 1. The maximum absolute atomic E-state index is 12.4. The van der Waals surface area contributed by atoms with Crippen molar-refractivity contribution in [3.05, 3.63) is 28.8 Å². The molecule has 0 aliphatic carbocycles. The minimum absolute atomic E-state index is 0.0727. The van der Waals surface area contributed by atoms with Crippen LogP contribution in [0.2, 0.25) is 5.02 Å². The van der Waals surface area contributed by atoms with Crippen molar-refractivity contribution >= 4 is 17.4 Å². The van der Waals surface area contributed by atoms with Gasteiger partial charge in [0, 0.05) is 11.5 Å². The first-order valence-corrected chi connectivity index (χ1v) is 7.17. The maximum atomic E-state index is 12.4. The van der Waals surface area contributed by atoms with Gasteiger partial charge in [0.15, 0.2) is 5.78 Å². The van der Waals surface area contributed by atoms with E-state index >= 15 is 0 Å². The van der Waals surface area contributed by atoms with Crippen molar-refractivity contribution in [3.8, 4) is 5.75 Å². The average Bonchev–Trinajstić information content (AvgIpc) is 2.41. The van der Waals surface area contributed by atoms with Crippen molar-refractivity contribution in [3.63, 3.8) is 0 Å². The number of halogens is 1. The summed E-state index contributed by atoms with van der Waals surface area (Å²) in [6.45, 7) is 5.73. The summed E-state index contributed by atoms with van der Waals surface area (Å²) in [5, 5.41) is 3.77. The van der Waals surface area contributed by atoms with E-state index < -0.39 is 0 Å². The lowest BCUT2D eigenvalue weighted by Crippen LogP contribution is -2.31. The fourth-order valence-electron chi connectivity index (χ4n) is 2.32. The largest absolute Gasteiger partial charge is 0.489 e. The molecule has 0 saturated carbocycles. The Kier molecular flexibility index (Phi) is 4.83. The lowest BCUT2D eigenvalue weighted by molar-refractivity contribution is 0.0895. The smallest absolute Gasteiger partial charge is 0.166 e. The fourth-order valence-corrected chi connectivity index (χ4v) is 2.55. The molecule has 0 spiro atoms. The van der Waals surface area contributed by atoms with Gasteiger partial charge in [0.1, 0.15) is 5.75 Å². The van der Waals surface area contributed by atoms with Gasteiger partial charge in [-0.2, -0.15) is 0 Å². The Labute approximate surface area is 119 Å². The molecule has 19 heavy (non-hydrogen) atoms. The number of nitrogens with one attached hydrogen (secondary N) is 1. The zero-order valence-corrected chi connectivity index (χ0v) is 12.2. The standard InChI is InChI=1S/C15H20ClNO2/c1-10(2)19-14-4-3-12(9-13(14)16)15(18)11-5-7-17-8-6-11/h3-4,9-11,17H,5-8H2,1-2H3. The Morgan fingerprint density at radius 2 is 2.05 bits per heavy atom. The van der Waals surface area contributed by atoms with Gasteiger partial charge in [-0.1, -0.05) is 11.6 Å². The van der Waals surface area contributed by atoms with Crippen LogP contribution in [0.1, 0.15) is 37.0 Å². The monoisotopic (exact) mass is 281 g/mol. The van der Waals surface area contributed by atoms with Crippen LogP contribution in [0, 0.1) is 5.92 Å². The molecule has 1 N–H and O–H groups in total. The van der Waals surface area contributed by atoms with Crippen molar-refractivity contribution in [2.24, 2.45) is 5.92 Å². The maximum Gasteiger partial charge on any atom is 0.166 e. The highest BCUT2D eigenvalue weighted by molar-refractivity contribution is 6.32. The summed E-state index contributed by atoms with van der Waals surface area (Å²) in [6, 6.07) is 5.33. The van der Waals surface area contributed by atoms with Gasteiger partial charge in [0.2, 0.25) is 0 Å². The van der Waals surface area contributed by atoms with Crippen LogP contribution in [0.3, 0.4) is 0 Å². The normalized spacial score (nSPS) is 16.6. The Balaban J connectivity index is 2.12. The first-order chi connectivity index (χ1) is 9.08. The minimum Gasteiger partial charge on any atom is -0.489 e. The van der Waals surface area contributed by atoms with Crippen LogP contribution < -0.4 is 10.1 Å². The van der Waals surface area contributed by atoms with Crippen LogP contribution in [-0.4, -0.2) is 25.0 Å². The Morgan fingerprint density at radius 1 is 1.37 bits per heavy atom. The van der Waals surface area contributed by atoms with Crippen molar-refractivity contribution in [1.82, 2.24) is 5.32 Å². The van der Waals surface area contributed by atoms with E-state index in [0.717, 1.165) is 25.9 Å². The molecule has 104 valence electrons. The number of rotatable bonds is 4. The van der Waals surface area contributed by atoms with Crippen molar-refractivity contribution in [1.29, 1.82) is 0 Å². The summed E-state index contributed by atoms with van der Waals surface area (Å²) in [6.07, 6.45) is 1.88. The second-order valence-corrected chi connectivity index (χ2v) is 5.61. The second-order valence-electron chi connectivity index (χ2n) is 5.20. The number of benzene rings is 1.